The molecule has 20 heavy (non-hydrogen) atoms. The van der Waals surface area contributed by atoms with Crippen LogP contribution in [0, 0.1) is 5.92 Å². The second-order valence-electron chi connectivity index (χ2n) is 5.49. The summed E-state index contributed by atoms with van der Waals surface area (Å²) in [5.74, 6) is -0.0929. The first-order chi connectivity index (χ1) is 9.22. The van der Waals surface area contributed by atoms with Gasteiger partial charge in [-0.1, -0.05) is 71.7 Å². The average molecular weight is 310 g/mol. The Balaban J connectivity index is 5.68. The van der Waals surface area contributed by atoms with Crippen molar-refractivity contribution in [3.05, 3.63) is 11.3 Å². The standard InChI is InChI=1S/C15H29F3OSi/c1-6-12(7-2)13(19)11-14(15(16,17)18)20(8-3,9-4)10-5/h11-13,19H,6-10H2,1-5H3/b14-11+. The van der Waals surface area contributed by atoms with E-state index < -0.39 is 25.6 Å². The van der Waals surface area contributed by atoms with E-state index in [4.69, 9.17) is 0 Å². The van der Waals surface area contributed by atoms with Crippen LogP contribution < -0.4 is 0 Å². The van der Waals surface area contributed by atoms with E-state index in [0.29, 0.717) is 31.0 Å². The molecule has 1 nitrogen and oxygen atoms in total. The second-order valence-corrected chi connectivity index (χ2v) is 10.7. The number of halogens is 3. The third kappa shape index (κ3) is 4.62. The van der Waals surface area contributed by atoms with Gasteiger partial charge in [-0.2, -0.15) is 13.2 Å². The molecule has 0 aliphatic heterocycles. The number of alkyl halides is 3. The van der Waals surface area contributed by atoms with Gasteiger partial charge in [0.1, 0.15) is 0 Å². The smallest absolute Gasteiger partial charge is 0.389 e. The Morgan fingerprint density at radius 2 is 1.40 bits per heavy atom. The highest BCUT2D eigenvalue weighted by atomic mass is 28.3. The Bertz CT molecular complexity index is 296. The lowest BCUT2D eigenvalue weighted by Crippen LogP contribution is -2.42. The highest BCUT2D eigenvalue weighted by molar-refractivity contribution is 6.86. The lowest BCUT2D eigenvalue weighted by molar-refractivity contribution is -0.0870. The maximum Gasteiger partial charge on any atom is 0.408 e. The second kappa shape index (κ2) is 8.22. The first-order valence-corrected chi connectivity index (χ1v) is 10.3. The topological polar surface area (TPSA) is 20.2 Å². The Morgan fingerprint density at radius 3 is 1.65 bits per heavy atom. The molecule has 5 heteroatoms. The van der Waals surface area contributed by atoms with Crippen molar-refractivity contribution < 1.29 is 18.3 Å². The highest BCUT2D eigenvalue weighted by Gasteiger charge is 2.47. The van der Waals surface area contributed by atoms with Crippen molar-refractivity contribution in [1.82, 2.24) is 0 Å². The third-order valence-corrected chi connectivity index (χ3v) is 10.4. The summed E-state index contributed by atoms with van der Waals surface area (Å²) in [5.41, 5.74) is 0. The van der Waals surface area contributed by atoms with Gasteiger partial charge in [-0.25, -0.2) is 0 Å². The van der Waals surface area contributed by atoms with Crippen LogP contribution in [0.1, 0.15) is 47.5 Å². The fraction of sp³-hybridized carbons (Fsp3) is 0.867. The van der Waals surface area contributed by atoms with Crippen LogP contribution >= 0.6 is 0 Å². The molecule has 0 fully saturated rings. The van der Waals surface area contributed by atoms with Gasteiger partial charge in [-0.15, -0.1) is 0 Å². The van der Waals surface area contributed by atoms with Crippen molar-refractivity contribution >= 4 is 8.07 Å². The van der Waals surface area contributed by atoms with E-state index in [1.807, 2.05) is 34.6 Å². The van der Waals surface area contributed by atoms with Gasteiger partial charge in [0.2, 0.25) is 0 Å². The summed E-state index contributed by atoms with van der Waals surface area (Å²) < 4.78 is 40.4. The molecule has 0 aliphatic carbocycles. The molecular weight excluding hydrogens is 281 g/mol. The first kappa shape index (κ1) is 19.7. The number of allylic oxidation sites excluding steroid dienone is 1. The average Bonchev–Trinajstić information content (AvgIpc) is 2.40. The minimum absolute atomic E-state index is 0.0929. The van der Waals surface area contributed by atoms with Crippen LogP contribution in [0.3, 0.4) is 0 Å². The summed E-state index contributed by atoms with van der Waals surface area (Å²) in [5, 5.41) is 9.73. The molecule has 0 heterocycles. The molecule has 1 N–H and O–H groups in total. The monoisotopic (exact) mass is 310 g/mol. The summed E-state index contributed by atoms with van der Waals surface area (Å²) in [4.78, 5) is 0. The Kier molecular flexibility index (Phi) is 8.10. The van der Waals surface area contributed by atoms with Crippen LogP contribution in [0.15, 0.2) is 11.3 Å². The fourth-order valence-corrected chi connectivity index (χ4v) is 6.74. The van der Waals surface area contributed by atoms with E-state index in [1.165, 1.54) is 0 Å². The number of aliphatic hydroxyl groups excluding tert-OH is 1. The van der Waals surface area contributed by atoms with Crippen molar-refractivity contribution in [3.8, 4) is 0 Å². The van der Waals surface area contributed by atoms with Gasteiger partial charge >= 0.3 is 6.18 Å². The molecular formula is C15H29F3OSi. The Hall–Kier alpha value is -0.293. The van der Waals surface area contributed by atoms with Gasteiger partial charge in [-0.05, 0) is 5.92 Å². The molecule has 1 unspecified atom stereocenters. The van der Waals surface area contributed by atoms with Crippen LogP contribution in [0.5, 0.6) is 0 Å². The third-order valence-electron chi connectivity index (χ3n) is 4.78. The number of hydrogen-bond donors (Lipinski definition) is 1. The van der Waals surface area contributed by atoms with Crippen LogP contribution in [0.25, 0.3) is 0 Å². The molecule has 1 atom stereocenters. The summed E-state index contributed by atoms with van der Waals surface area (Å²) in [6, 6.07) is 1.71. The molecule has 120 valence electrons. The summed E-state index contributed by atoms with van der Waals surface area (Å²) >= 11 is 0. The predicted molar refractivity (Wildman–Crippen MR) is 81.4 cm³/mol. The molecule has 0 radical (unpaired) electrons. The van der Waals surface area contributed by atoms with Crippen molar-refractivity contribution in [3.63, 3.8) is 0 Å². The largest absolute Gasteiger partial charge is 0.408 e. The predicted octanol–water partition coefficient (Wildman–Crippen LogP) is 5.32. The van der Waals surface area contributed by atoms with Crippen LogP contribution in [0.2, 0.25) is 18.1 Å². The number of rotatable bonds is 8. The van der Waals surface area contributed by atoms with Crippen molar-refractivity contribution in [2.75, 3.05) is 0 Å². The van der Waals surface area contributed by atoms with Crippen LogP contribution in [0.4, 0.5) is 13.2 Å². The van der Waals surface area contributed by atoms with Gasteiger partial charge in [0.25, 0.3) is 0 Å². The van der Waals surface area contributed by atoms with E-state index in [2.05, 4.69) is 0 Å². The Labute approximate surface area is 122 Å². The molecule has 0 rings (SSSR count). The van der Waals surface area contributed by atoms with E-state index in [1.54, 1.807) is 0 Å². The van der Waals surface area contributed by atoms with Crippen molar-refractivity contribution in [2.45, 2.75) is 77.9 Å². The number of hydrogen-bond acceptors (Lipinski definition) is 1. The van der Waals surface area contributed by atoms with Gasteiger partial charge in [0, 0.05) is 5.20 Å². The molecule has 0 saturated heterocycles. The number of aliphatic hydroxyl groups is 1. The molecule has 0 aromatic rings. The summed E-state index contributed by atoms with van der Waals surface area (Å²) in [6.45, 7) is 9.36. The Morgan fingerprint density at radius 1 is 1.00 bits per heavy atom. The van der Waals surface area contributed by atoms with Gasteiger partial charge in [0.05, 0.1) is 14.2 Å². The van der Waals surface area contributed by atoms with Crippen molar-refractivity contribution in [1.29, 1.82) is 0 Å². The zero-order valence-corrected chi connectivity index (χ0v) is 14.3. The normalized spacial score (nSPS) is 15.8. The first-order valence-electron chi connectivity index (χ1n) is 7.69. The molecule has 0 bridgehead atoms. The maximum absolute atomic E-state index is 13.5. The van der Waals surface area contributed by atoms with Crippen LogP contribution in [-0.2, 0) is 0 Å². The summed E-state index contributed by atoms with van der Waals surface area (Å²) in [6.07, 6.45) is -2.78. The van der Waals surface area contributed by atoms with Crippen molar-refractivity contribution in [2.24, 2.45) is 5.92 Å². The van der Waals surface area contributed by atoms with E-state index in [-0.39, 0.29) is 5.92 Å². The lowest BCUT2D eigenvalue weighted by atomic mass is 9.96. The quantitative estimate of drug-likeness (QED) is 0.602. The molecule has 0 amide bonds. The van der Waals surface area contributed by atoms with Crippen LogP contribution in [-0.4, -0.2) is 25.5 Å². The highest BCUT2D eigenvalue weighted by Crippen LogP contribution is 2.40. The lowest BCUT2D eigenvalue weighted by Gasteiger charge is -2.33. The van der Waals surface area contributed by atoms with Gasteiger partial charge in [-0.3, -0.25) is 0 Å². The van der Waals surface area contributed by atoms with Gasteiger partial charge < -0.3 is 5.11 Å². The van der Waals surface area contributed by atoms with E-state index >= 15 is 0 Å². The minimum Gasteiger partial charge on any atom is -0.389 e. The zero-order chi connectivity index (χ0) is 16.0. The fourth-order valence-electron chi connectivity index (χ4n) is 2.97. The zero-order valence-electron chi connectivity index (χ0n) is 13.3. The summed E-state index contributed by atoms with van der Waals surface area (Å²) in [7, 11) is -2.54. The molecule has 0 aromatic carbocycles. The van der Waals surface area contributed by atoms with E-state index in [9.17, 15) is 18.3 Å². The molecule has 0 aromatic heterocycles. The molecule has 0 spiro atoms. The minimum atomic E-state index is -4.32. The van der Waals surface area contributed by atoms with Gasteiger partial charge in [0.15, 0.2) is 0 Å². The molecule has 0 saturated carbocycles. The molecule has 0 aliphatic rings. The van der Waals surface area contributed by atoms with E-state index in [0.717, 1.165) is 6.08 Å². The maximum atomic E-state index is 13.5. The SMILES string of the molecule is CCC(CC)C(O)/C=C(\C(F)(F)F)[Si](CC)(CC)CC.